The van der Waals surface area contributed by atoms with Crippen LogP contribution in [-0.2, 0) is 4.74 Å². The third-order valence-electron chi connectivity index (χ3n) is 3.29. The van der Waals surface area contributed by atoms with Gasteiger partial charge in [0.05, 0.1) is 27.4 Å². The van der Waals surface area contributed by atoms with E-state index < -0.39 is 17.5 Å². The molecular formula is C18H18ClN2O5+. The number of anilines is 1. The summed E-state index contributed by atoms with van der Waals surface area (Å²) in [6, 6.07) is 7.45. The maximum absolute atomic E-state index is 12.3. The SMILES string of the molecule is COC(=O)c1cc(NC(=O)c2cccc(Cl)c2)c(=O)oc1/C=C/[NH+](C)C. The largest absolute Gasteiger partial charge is 0.465 e. The van der Waals surface area contributed by atoms with Crippen LogP contribution in [0.15, 0.2) is 45.7 Å². The predicted molar refractivity (Wildman–Crippen MR) is 97.6 cm³/mol. The zero-order chi connectivity index (χ0) is 19.3. The van der Waals surface area contributed by atoms with E-state index in [9.17, 15) is 14.4 Å². The number of ether oxygens (including phenoxy) is 1. The summed E-state index contributed by atoms with van der Waals surface area (Å²) in [6.07, 6.45) is 3.18. The highest BCUT2D eigenvalue weighted by molar-refractivity contribution is 6.31. The summed E-state index contributed by atoms with van der Waals surface area (Å²) in [4.78, 5) is 37.4. The van der Waals surface area contributed by atoms with Gasteiger partial charge >= 0.3 is 11.6 Å². The van der Waals surface area contributed by atoms with Crippen molar-refractivity contribution in [2.45, 2.75) is 0 Å². The van der Waals surface area contributed by atoms with Crippen LogP contribution in [-0.4, -0.2) is 33.1 Å². The van der Waals surface area contributed by atoms with Gasteiger partial charge in [-0.15, -0.1) is 0 Å². The average molecular weight is 378 g/mol. The standard InChI is InChI=1S/C18H17ClN2O5/c1-21(2)8-7-15-13(17(23)25-3)10-14(18(24)26-15)20-16(22)11-5-4-6-12(19)9-11/h4-10H,1-3H3,(H,20,22)/p+1/b8-7+. The molecule has 1 heterocycles. The Morgan fingerprint density at radius 1 is 1.27 bits per heavy atom. The van der Waals surface area contributed by atoms with Crippen molar-refractivity contribution in [3.63, 3.8) is 0 Å². The fraction of sp³-hybridized carbons (Fsp3) is 0.167. The lowest BCUT2D eigenvalue weighted by Crippen LogP contribution is -3.00. The average Bonchev–Trinajstić information content (AvgIpc) is 2.60. The molecule has 0 aliphatic rings. The summed E-state index contributed by atoms with van der Waals surface area (Å²) in [5.41, 5.74) is -0.686. The first-order valence-electron chi connectivity index (χ1n) is 7.63. The highest BCUT2D eigenvalue weighted by Gasteiger charge is 2.19. The number of nitrogens with one attached hydrogen (secondary N) is 2. The number of carbonyl (C=O) groups is 2. The minimum Gasteiger partial charge on any atom is -0.465 e. The van der Waals surface area contributed by atoms with Crippen molar-refractivity contribution in [2.75, 3.05) is 26.5 Å². The highest BCUT2D eigenvalue weighted by Crippen LogP contribution is 2.16. The first-order valence-corrected chi connectivity index (χ1v) is 8.01. The molecule has 8 heteroatoms. The molecule has 0 aliphatic heterocycles. The number of carbonyl (C=O) groups excluding carboxylic acids is 2. The van der Waals surface area contributed by atoms with E-state index in [1.54, 1.807) is 24.4 Å². The van der Waals surface area contributed by atoms with Crippen molar-refractivity contribution in [3.8, 4) is 0 Å². The molecule has 2 N–H and O–H groups in total. The van der Waals surface area contributed by atoms with Crippen molar-refractivity contribution in [1.82, 2.24) is 0 Å². The Kier molecular flexibility index (Phi) is 6.32. The Morgan fingerprint density at radius 2 is 2.00 bits per heavy atom. The number of esters is 1. The molecule has 2 aromatic rings. The highest BCUT2D eigenvalue weighted by atomic mass is 35.5. The molecule has 0 fully saturated rings. The van der Waals surface area contributed by atoms with Gasteiger partial charge < -0.3 is 19.4 Å². The van der Waals surface area contributed by atoms with Crippen LogP contribution < -0.4 is 15.8 Å². The molecule has 136 valence electrons. The molecule has 0 bridgehead atoms. The van der Waals surface area contributed by atoms with Crippen molar-refractivity contribution in [3.05, 3.63) is 68.9 Å². The van der Waals surface area contributed by atoms with Crippen LogP contribution in [0.2, 0.25) is 5.02 Å². The second kappa shape index (κ2) is 8.46. The van der Waals surface area contributed by atoms with Gasteiger partial charge in [0, 0.05) is 16.7 Å². The second-order valence-corrected chi connectivity index (χ2v) is 6.03. The lowest BCUT2D eigenvalue weighted by Gasteiger charge is -2.08. The van der Waals surface area contributed by atoms with Crippen LogP contribution >= 0.6 is 11.6 Å². The molecule has 0 radical (unpaired) electrons. The zero-order valence-electron chi connectivity index (χ0n) is 14.5. The van der Waals surface area contributed by atoms with Gasteiger partial charge in [0.15, 0.2) is 5.76 Å². The number of quaternary nitrogens is 1. The molecule has 0 saturated carbocycles. The van der Waals surface area contributed by atoms with Crippen LogP contribution in [0, 0.1) is 0 Å². The molecule has 1 amide bonds. The quantitative estimate of drug-likeness (QED) is 0.770. The van der Waals surface area contributed by atoms with E-state index in [0.717, 1.165) is 4.90 Å². The summed E-state index contributed by atoms with van der Waals surface area (Å²) in [6.45, 7) is 0. The van der Waals surface area contributed by atoms with Crippen molar-refractivity contribution in [1.29, 1.82) is 0 Å². The van der Waals surface area contributed by atoms with E-state index in [1.165, 1.54) is 25.3 Å². The van der Waals surface area contributed by atoms with Crippen LogP contribution in [0.25, 0.3) is 6.08 Å². The Balaban J connectivity index is 2.41. The molecule has 0 spiro atoms. The van der Waals surface area contributed by atoms with E-state index >= 15 is 0 Å². The van der Waals surface area contributed by atoms with E-state index in [1.807, 2.05) is 14.1 Å². The number of halogens is 1. The molecule has 1 aromatic carbocycles. The molecular weight excluding hydrogens is 360 g/mol. The number of hydrogen-bond donors (Lipinski definition) is 2. The topological polar surface area (TPSA) is 90.0 Å². The minimum absolute atomic E-state index is 0.0194. The van der Waals surface area contributed by atoms with Gasteiger partial charge in [-0.25, -0.2) is 9.59 Å². The van der Waals surface area contributed by atoms with Crippen LogP contribution in [0.5, 0.6) is 0 Å². The third-order valence-corrected chi connectivity index (χ3v) is 3.52. The van der Waals surface area contributed by atoms with Crippen molar-refractivity contribution in [2.24, 2.45) is 0 Å². The molecule has 1 aromatic heterocycles. The van der Waals surface area contributed by atoms with Gasteiger partial charge in [0.1, 0.15) is 11.3 Å². The second-order valence-electron chi connectivity index (χ2n) is 5.59. The molecule has 26 heavy (non-hydrogen) atoms. The fourth-order valence-electron chi connectivity index (χ4n) is 2.03. The van der Waals surface area contributed by atoms with Crippen molar-refractivity contribution >= 4 is 35.2 Å². The summed E-state index contributed by atoms with van der Waals surface area (Å²) in [5, 5.41) is 2.81. The number of methoxy groups -OCH3 is 1. The maximum atomic E-state index is 12.3. The minimum atomic E-state index is -0.790. The molecule has 7 nitrogen and oxygen atoms in total. The molecule has 0 saturated heterocycles. The van der Waals surface area contributed by atoms with Gasteiger partial charge in [0.25, 0.3) is 5.91 Å². The van der Waals surface area contributed by atoms with Gasteiger partial charge in [-0.05, 0) is 24.3 Å². The van der Waals surface area contributed by atoms with Crippen LogP contribution in [0.3, 0.4) is 0 Å². The van der Waals surface area contributed by atoms with Crippen LogP contribution in [0.4, 0.5) is 5.69 Å². The first-order chi connectivity index (χ1) is 12.3. The molecule has 2 rings (SSSR count). The van der Waals surface area contributed by atoms with Gasteiger partial charge in [0.2, 0.25) is 0 Å². The summed E-state index contributed by atoms with van der Waals surface area (Å²) >= 11 is 5.86. The van der Waals surface area contributed by atoms with E-state index in [4.69, 9.17) is 20.8 Å². The lowest BCUT2D eigenvalue weighted by molar-refractivity contribution is -0.800. The summed E-state index contributed by atoms with van der Waals surface area (Å²) in [5.74, 6) is -1.21. The molecule has 0 aliphatic carbocycles. The lowest BCUT2D eigenvalue weighted by atomic mass is 10.1. The van der Waals surface area contributed by atoms with Crippen LogP contribution in [0.1, 0.15) is 26.5 Å². The Hall–Kier alpha value is -2.90. The van der Waals surface area contributed by atoms with Gasteiger partial charge in [-0.2, -0.15) is 0 Å². The summed E-state index contributed by atoms with van der Waals surface area (Å²) in [7, 11) is 4.92. The Bertz CT molecular complexity index is 918. The zero-order valence-corrected chi connectivity index (χ0v) is 15.2. The normalized spacial score (nSPS) is 11.0. The summed E-state index contributed by atoms with van der Waals surface area (Å²) < 4.78 is 9.89. The van der Waals surface area contributed by atoms with Crippen molar-refractivity contribution < 1.29 is 23.6 Å². The van der Waals surface area contributed by atoms with Gasteiger partial charge in [-0.1, -0.05) is 17.7 Å². The predicted octanol–water partition coefficient (Wildman–Crippen LogP) is 1.45. The maximum Gasteiger partial charge on any atom is 0.360 e. The smallest absolute Gasteiger partial charge is 0.360 e. The van der Waals surface area contributed by atoms with E-state index in [2.05, 4.69) is 5.32 Å². The first kappa shape index (κ1) is 19.4. The number of benzene rings is 1. The fourth-order valence-corrected chi connectivity index (χ4v) is 2.22. The number of rotatable bonds is 5. The monoisotopic (exact) mass is 377 g/mol. The Morgan fingerprint density at radius 3 is 2.62 bits per heavy atom. The number of hydrogen-bond acceptors (Lipinski definition) is 5. The van der Waals surface area contributed by atoms with E-state index in [0.29, 0.717) is 5.02 Å². The molecule has 0 unspecified atom stereocenters. The van der Waals surface area contributed by atoms with E-state index in [-0.39, 0.29) is 22.6 Å². The Labute approximate surface area is 154 Å². The number of amides is 1. The molecule has 0 atom stereocenters. The third kappa shape index (κ3) is 4.81. The van der Waals surface area contributed by atoms with Gasteiger partial charge in [-0.3, -0.25) is 4.79 Å².